The monoisotopic (exact) mass is 2040 g/mol. The van der Waals surface area contributed by atoms with Crippen LogP contribution in [0.3, 0.4) is 0 Å². The average Bonchev–Trinajstić information content (AvgIpc) is 1.50. The zero-order valence-electron chi connectivity index (χ0n) is 82.6. The van der Waals surface area contributed by atoms with Crippen molar-refractivity contribution in [3.8, 4) is 45.0 Å². The molecule has 1 unspecified atom stereocenters. The summed E-state index contributed by atoms with van der Waals surface area (Å²) >= 11 is -1.70. The third-order valence-electron chi connectivity index (χ3n) is 23.6. The number of aliphatic hydroxyl groups excluding tert-OH is 1. The van der Waals surface area contributed by atoms with Crippen LogP contribution in [0.5, 0.6) is 0 Å². The Morgan fingerprint density at radius 3 is 1.86 bits per heavy atom. The molecule has 0 fully saturated rings. The van der Waals surface area contributed by atoms with E-state index >= 15 is 0 Å². The van der Waals surface area contributed by atoms with Gasteiger partial charge in [-0.2, -0.15) is 4.40 Å². The van der Waals surface area contributed by atoms with Gasteiger partial charge in [0.2, 0.25) is 0 Å². The first-order chi connectivity index (χ1) is 64.7. The SMILES string of the molecule is CC(=O)C=C(C)O.CC1(c2ccccc2)c2ccc(-c3ccccn3)[c-]c2N2c3[c-]c(-c4ccccn4)ccc3C(c3ccccc3)(c3ccccc3)c3cccc1c32.Cc1cnc2c3[c-]cccc3c3ccccc3c2n1.[2H]c1c([2H])c(C)c(-c2c([2H])n3c4c5c(c([2H])c([2H])c([2H])c5c5c([2H])c(C)c([2H])c([2H])c5[n+]24)C3)c(C([2H])([2H])[2H])c1[2H].[CH3][Ge]([CH3])([CH3])[c]1ccc2[n+](c1)Cc1ccccc1-2.[Ir].[Pt+2]. The summed E-state index contributed by atoms with van der Waals surface area (Å²) in [6.07, 6.45) is 8.81. The Morgan fingerprint density at radius 1 is 0.581 bits per heavy atom. The fourth-order valence-electron chi connectivity index (χ4n) is 18.1. The van der Waals surface area contributed by atoms with Gasteiger partial charge in [0.05, 0.1) is 40.4 Å². The summed E-state index contributed by atoms with van der Waals surface area (Å²) in [4.78, 5) is 31.2. The molecule has 0 saturated heterocycles. The molecule has 19 aromatic rings. The Morgan fingerprint density at radius 2 is 1.20 bits per heavy atom. The number of pyridine rings is 4. The largest absolute Gasteiger partial charge is 2.00 e. The van der Waals surface area contributed by atoms with Crippen molar-refractivity contribution >= 4 is 100 Å². The number of imidazole rings is 1. The molecule has 4 aliphatic heterocycles. The molecule has 1 atom stereocenters. The number of fused-ring (bicyclic) bond motifs is 16. The van der Waals surface area contributed by atoms with E-state index in [-0.39, 0.29) is 152 Å². The van der Waals surface area contributed by atoms with E-state index < -0.39 is 48.6 Å². The van der Waals surface area contributed by atoms with Crippen LogP contribution in [0.25, 0.3) is 105 Å². The zero-order chi connectivity index (χ0) is 94.9. The molecule has 1 N–H and O–H groups in total. The Bertz CT molecular complexity index is 8080. The van der Waals surface area contributed by atoms with Gasteiger partial charge in [0.1, 0.15) is 19.6 Å². The molecule has 10 heterocycles. The summed E-state index contributed by atoms with van der Waals surface area (Å²) in [6, 6.07) is 96.5. The molecule has 4 aliphatic rings. The fraction of sp³-hybridized carbons (Fsp3) is 0.126. The van der Waals surface area contributed by atoms with E-state index in [1.54, 1.807) is 4.40 Å². The molecular formula is C111H91GeIrN8O2Pt+. The zero-order valence-corrected chi connectivity index (χ0v) is 76.3. The summed E-state index contributed by atoms with van der Waals surface area (Å²) < 4.78 is 118. The summed E-state index contributed by atoms with van der Waals surface area (Å²) in [5.41, 5.74) is 21.1. The number of ketones is 1. The molecule has 6 aromatic heterocycles. The fourth-order valence-corrected chi connectivity index (χ4v) is 20.5. The van der Waals surface area contributed by atoms with Crippen LogP contribution in [-0.4, -0.2) is 48.7 Å². The van der Waals surface area contributed by atoms with Gasteiger partial charge in [-0.15, -0.1) is 77.2 Å². The maximum atomic E-state index is 10.0. The molecule has 13 aromatic carbocycles. The number of nitrogens with zero attached hydrogens (tertiary/aromatic N) is 8. The van der Waals surface area contributed by atoms with Crippen molar-refractivity contribution in [3.63, 3.8) is 0 Å². The standard InChI is InChI=1S/C49H33N3.C25H21N2.C17H11N2.C15H18GeN.C5H8O2.Ir.Pt/c1-48(36-16-5-2-6-17-36)39-28-26-34(43-24-11-13-30-50-43)32-45(39)52-46-33-35(44-25-12-14-31-51-44)27-29-40(46)49(37-18-7-3-8-19-37,38-20-9-4-10-21-38)42-23-15-22-41(48)47(42)52;1-15-10-11-21-20(12-15)19-9-5-8-18-13-26-14-22(27(21)25(26)24(18)19)23-16(2)6-4-7-17(23)3;1-11-10-18-16-14-8-4-2-6-12(14)13-7-3-5-9-15(13)17(16)19-11;1-16(2,3)13-8-9-15-14-7-5-4-6-12(14)10-17(15)11-13;1-4(6)3-5(2)7;;/h2-31H,1H3;4-12,14H,13H2,1-3H3;2-7,9-10H,1H3;4-9,11H,10H2,1-3H3;3,6H,1-2H3;;/q-2;+1;-1;+1;;;+2/i;2D3,4D,5D,6D,7D,8D,9D,10D,11D,12D,14D;;;;;. The van der Waals surface area contributed by atoms with Crippen LogP contribution in [-0.2, 0) is 69.9 Å². The van der Waals surface area contributed by atoms with Gasteiger partial charge in [-0.25, -0.2) is 4.57 Å². The number of benzene rings is 13. The van der Waals surface area contributed by atoms with Gasteiger partial charge in [0.15, 0.2) is 11.5 Å². The van der Waals surface area contributed by atoms with Crippen LogP contribution in [0, 0.1) is 45.8 Å². The van der Waals surface area contributed by atoms with Gasteiger partial charge < -0.3 is 25.0 Å². The van der Waals surface area contributed by atoms with E-state index in [9.17, 15) is 6.17 Å². The Hall–Kier alpha value is -12.7. The van der Waals surface area contributed by atoms with Crippen molar-refractivity contribution in [1.82, 2.24) is 24.5 Å². The van der Waals surface area contributed by atoms with Crippen molar-refractivity contribution in [2.45, 2.75) is 89.6 Å². The van der Waals surface area contributed by atoms with Crippen LogP contribution in [0.15, 0.2) is 346 Å². The predicted molar refractivity (Wildman–Crippen MR) is 500 cm³/mol. The summed E-state index contributed by atoms with van der Waals surface area (Å²) in [7, 11) is 0. The van der Waals surface area contributed by atoms with E-state index in [0.29, 0.717) is 10.9 Å². The summed E-state index contributed by atoms with van der Waals surface area (Å²) in [5, 5.41) is 13.5. The number of rotatable bonds is 8. The number of para-hydroxylation sites is 1. The second-order valence-electron chi connectivity index (χ2n) is 32.4. The number of hydrogen-bond donors (Lipinski definition) is 1. The number of allylic oxidation sites excluding steroid dienone is 2. The third kappa shape index (κ3) is 14.7. The van der Waals surface area contributed by atoms with Gasteiger partial charge >= 0.3 is 127 Å². The van der Waals surface area contributed by atoms with Crippen LogP contribution in [0.1, 0.15) is 111 Å². The van der Waals surface area contributed by atoms with Crippen molar-refractivity contribution in [2.24, 2.45) is 0 Å². The van der Waals surface area contributed by atoms with Crippen LogP contribution < -0.4 is 18.3 Å². The minimum Gasteiger partial charge on any atom is 0 e. The first-order valence-electron chi connectivity index (χ1n) is 47.3. The molecule has 10 nitrogen and oxygen atoms in total. The first kappa shape index (κ1) is 68.8. The van der Waals surface area contributed by atoms with E-state index in [0.717, 1.165) is 79.2 Å². The maximum Gasteiger partial charge on any atom is 2.00 e. The number of carbonyl (C=O) groups excluding carboxylic acids is 1. The molecule has 13 heteroatoms. The van der Waals surface area contributed by atoms with Crippen molar-refractivity contribution in [1.29, 1.82) is 0 Å². The minimum atomic E-state index is -2.91. The van der Waals surface area contributed by atoms with E-state index in [2.05, 4.69) is 274 Å². The Balaban J connectivity index is 0.000000134. The topological polar surface area (TPSA) is 105 Å². The Kier molecular flexibility index (Phi) is 19.0. The first-order valence-corrected chi connectivity index (χ1v) is 48.1. The molecule has 0 aliphatic carbocycles. The number of aliphatic hydroxyl groups is 1. The normalized spacial score (nSPS) is 15.5. The van der Waals surface area contributed by atoms with Gasteiger partial charge in [-0.3, -0.25) is 9.78 Å². The number of aromatic nitrogens is 7. The number of carbonyl (C=O) groups is 1. The van der Waals surface area contributed by atoms with Crippen LogP contribution >= 0.6 is 0 Å². The number of hydrogen-bond acceptors (Lipinski definition) is 7. The van der Waals surface area contributed by atoms with E-state index in [4.69, 9.17) is 31.5 Å². The molecule has 0 spiro atoms. The van der Waals surface area contributed by atoms with E-state index in [1.807, 2.05) is 68.0 Å². The van der Waals surface area contributed by atoms with Crippen LogP contribution in [0.4, 0.5) is 17.1 Å². The van der Waals surface area contributed by atoms with Crippen molar-refractivity contribution in [2.75, 3.05) is 4.90 Å². The second-order valence-corrected chi connectivity index (χ2v) is 43.1. The van der Waals surface area contributed by atoms with Gasteiger partial charge in [-0.1, -0.05) is 234 Å². The summed E-state index contributed by atoms with van der Waals surface area (Å²) in [6.45, 7) is 8.19. The number of anilines is 3. The van der Waals surface area contributed by atoms with Crippen LogP contribution in [0.2, 0.25) is 17.3 Å². The molecule has 1 radical (unpaired) electrons. The third-order valence-corrected chi connectivity index (χ3v) is 27.9. The maximum absolute atomic E-state index is 10.0. The summed E-state index contributed by atoms with van der Waals surface area (Å²) in [5.74, 6) is 7.28. The molecule has 609 valence electrons. The van der Waals surface area contributed by atoms with Gasteiger partial charge in [0, 0.05) is 87.1 Å². The predicted octanol–water partition coefficient (Wildman–Crippen LogP) is 24.4. The minimum absolute atomic E-state index is 0. The molecule has 0 amide bonds. The smallest absolute Gasteiger partial charge is 0 e. The van der Waals surface area contributed by atoms with Gasteiger partial charge in [0.25, 0.3) is 5.65 Å². The van der Waals surface area contributed by atoms with Gasteiger partial charge in [-0.05, 0) is 133 Å². The molecule has 124 heavy (non-hydrogen) atoms. The molecule has 0 bridgehead atoms. The molecular weight excluding hydrogens is 1940 g/mol. The van der Waals surface area contributed by atoms with Crippen molar-refractivity contribution in [3.05, 3.63) is 437 Å². The van der Waals surface area contributed by atoms with E-state index in [1.165, 1.54) is 104 Å². The molecule has 0 saturated carbocycles. The molecule has 23 rings (SSSR count). The number of aryl methyl sites for hydroxylation is 1. The second kappa shape index (κ2) is 34.2. The quantitative estimate of drug-likeness (QED) is 0.0403. The average molecular weight is 2040 g/mol. The van der Waals surface area contributed by atoms with Crippen molar-refractivity contribution < 1.29 is 77.9 Å². The Labute approximate surface area is 773 Å².